The highest BCUT2D eigenvalue weighted by Crippen LogP contribution is 2.27. The molecule has 0 fully saturated rings. The Morgan fingerprint density at radius 1 is 1.00 bits per heavy atom. The van der Waals surface area contributed by atoms with E-state index in [2.05, 4.69) is 25.9 Å². The Morgan fingerprint density at radius 3 is 2.34 bits per heavy atom. The molecule has 4 rings (SSSR count). The van der Waals surface area contributed by atoms with E-state index in [1.807, 2.05) is 67.6 Å². The summed E-state index contributed by atoms with van der Waals surface area (Å²) in [4.78, 5) is 13.1. The van der Waals surface area contributed by atoms with Crippen LogP contribution in [0.1, 0.15) is 34.3 Å². The number of carbonyl (C=O) groups is 1. The van der Waals surface area contributed by atoms with Gasteiger partial charge in [-0.2, -0.15) is 0 Å². The lowest BCUT2D eigenvalue weighted by molar-refractivity contribution is 0.0934. The number of halogens is 2. The molecule has 2 atom stereocenters. The van der Waals surface area contributed by atoms with Crippen LogP contribution in [-0.4, -0.2) is 32.6 Å². The van der Waals surface area contributed by atoms with Gasteiger partial charge < -0.3 is 5.32 Å². The number of tetrazole rings is 1. The number of hydrogen-bond donors (Lipinski definition) is 2. The molecule has 2 unspecified atom stereocenters. The SMILES string of the molecule is CC(NC(=O)c1cccc(-c2nnn[nH]2)c1)C(Cc1ccc(Cl)cc1)c1ccc(Cl)cc1. The zero-order valence-corrected chi connectivity index (χ0v) is 18.8. The molecule has 162 valence electrons. The summed E-state index contributed by atoms with van der Waals surface area (Å²) in [5.41, 5.74) is 3.51. The second-order valence-electron chi connectivity index (χ2n) is 7.58. The van der Waals surface area contributed by atoms with Gasteiger partial charge in [0.1, 0.15) is 0 Å². The summed E-state index contributed by atoms with van der Waals surface area (Å²) >= 11 is 12.1. The van der Waals surface area contributed by atoms with E-state index in [0.717, 1.165) is 23.1 Å². The second-order valence-corrected chi connectivity index (χ2v) is 8.45. The lowest BCUT2D eigenvalue weighted by Gasteiger charge is -2.26. The van der Waals surface area contributed by atoms with E-state index >= 15 is 0 Å². The van der Waals surface area contributed by atoms with Crippen LogP contribution in [0.15, 0.2) is 72.8 Å². The van der Waals surface area contributed by atoms with Crippen LogP contribution in [0.2, 0.25) is 10.0 Å². The standard InChI is InChI=1S/C24H21Cl2N5O/c1-15(27-24(32)19-4-2-3-18(14-19)23-28-30-31-29-23)22(17-7-11-21(26)12-8-17)13-16-5-9-20(25)10-6-16/h2-12,14-15,22H,13H2,1H3,(H,27,32)(H,28,29,30,31). The summed E-state index contributed by atoms with van der Waals surface area (Å²) in [6, 6.07) is 22.6. The summed E-state index contributed by atoms with van der Waals surface area (Å²) in [6.07, 6.45) is 0.740. The van der Waals surface area contributed by atoms with Crippen molar-refractivity contribution in [2.24, 2.45) is 0 Å². The zero-order valence-electron chi connectivity index (χ0n) is 17.3. The molecule has 0 saturated carbocycles. The van der Waals surface area contributed by atoms with Gasteiger partial charge in [-0.3, -0.25) is 4.79 Å². The van der Waals surface area contributed by atoms with E-state index < -0.39 is 0 Å². The van der Waals surface area contributed by atoms with E-state index in [4.69, 9.17) is 23.2 Å². The average Bonchev–Trinajstić information content (AvgIpc) is 3.34. The number of amides is 1. The first-order valence-electron chi connectivity index (χ1n) is 10.1. The number of H-pyrrole nitrogens is 1. The van der Waals surface area contributed by atoms with Crippen LogP contribution in [0.5, 0.6) is 0 Å². The Bertz CT molecular complexity index is 1180. The Hall–Kier alpha value is -3.22. The Balaban J connectivity index is 1.55. The van der Waals surface area contributed by atoms with Crippen LogP contribution < -0.4 is 5.32 Å². The van der Waals surface area contributed by atoms with Crippen LogP contribution in [0.25, 0.3) is 11.4 Å². The maximum atomic E-state index is 13.1. The molecule has 0 aliphatic rings. The van der Waals surface area contributed by atoms with Crippen LogP contribution in [0, 0.1) is 0 Å². The van der Waals surface area contributed by atoms with Crippen LogP contribution in [0.4, 0.5) is 0 Å². The molecule has 1 amide bonds. The number of carbonyl (C=O) groups excluding carboxylic acids is 1. The first kappa shape index (κ1) is 22.0. The van der Waals surface area contributed by atoms with Crippen molar-refractivity contribution in [1.82, 2.24) is 25.9 Å². The second kappa shape index (κ2) is 9.94. The Kier molecular flexibility index (Phi) is 6.83. The fraction of sp³-hybridized carbons (Fsp3) is 0.167. The predicted octanol–water partition coefficient (Wildman–Crippen LogP) is 5.32. The van der Waals surface area contributed by atoms with Gasteiger partial charge in [0.25, 0.3) is 5.91 Å². The molecule has 0 bridgehead atoms. The molecule has 0 radical (unpaired) electrons. The summed E-state index contributed by atoms with van der Waals surface area (Å²) < 4.78 is 0. The van der Waals surface area contributed by atoms with Crippen molar-refractivity contribution in [3.05, 3.63) is 99.5 Å². The third-order valence-corrected chi connectivity index (χ3v) is 5.88. The molecule has 0 saturated heterocycles. The minimum Gasteiger partial charge on any atom is -0.349 e. The largest absolute Gasteiger partial charge is 0.349 e. The fourth-order valence-corrected chi connectivity index (χ4v) is 3.90. The number of benzene rings is 3. The lowest BCUT2D eigenvalue weighted by Crippen LogP contribution is -2.38. The zero-order chi connectivity index (χ0) is 22.5. The smallest absolute Gasteiger partial charge is 0.251 e. The van der Waals surface area contributed by atoms with Crippen molar-refractivity contribution in [1.29, 1.82) is 0 Å². The molecular formula is C24H21Cl2N5O. The van der Waals surface area contributed by atoms with E-state index in [9.17, 15) is 4.79 Å². The molecule has 0 spiro atoms. The average molecular weight is 466 g/mol. The van der Waals surface area contributed by atoms with Crippen LogP contribution in [-0.2, 0) is 6.42 Å². The molecule has 6 nitrogen and oxygen atoms in total. The van der Waals surface area contributed by atoms with Gasteiger partial charge in [-0.25, -0.2) is 5.10 Å². The van der Waals surface area contributed by atoms with Gasteiger partial charge in [0.15, 0.2) is 5.82 Å². The maximum Gasteiger partial charge on any atom is 0.251 e. The van der Waals surface area contributed by atoms with E-state index in [1.54, 1.807) is 12.1 Å². The van der Waals surface area contributed by atoms with Crippen molar-refractivity contribution < 1.29 is 4.79 Å². The van der Waals surface area contributed by atoms with Crippen molar-refractivity contribution >= 4 is 29.1 Å². The minimum atomic E-state index is -0.165. The van der Waals surface area contributed by atoms with Gasteiger partial charge in [0, 0.05) is 33.1 Å². The van der Waals surface area contributed by atoms with E-state index in [-0.39, 0.29) is 17.9 Å². The fourth-order valence-electron chi connectivity index (χ4n) is 3.65. The highest BCUT2D eigenvalue weighted by molar-refractivity contribution is 6.30. The van der Waals surface area contributed by atoms with Crippen molar-refractivity contribution in [2.45, 2.75) is 25.3 Å². The molecule has 0 aliphatic heterocycles. The summed E-state index contributed by atoms with van der Waals surface area (Å²) in [7, 11) is 0. The summed E-state index contributed by atoms with van der Waals surface area (Å²) in [5, 5.41) is 18.3. The summed E-state index contributed by atoms with van der Waals surface area (Å²) in [5.74, 6) is 0.385. The third kappa shape index (κ3) is 5.33. The van der Waals surface area contributed by atoms with Gasteiger partial charge >= 0.3 is 0 Å². The highest BCUT2D eigenvalue weighted by Gasteiger charge is 2.22. The molecular weight excluding hydrogens is 445 g/mol. The lowest BCUT2D eigenvalue weighted by atomic mass is 9.86. The molecule has 3 aromatic carbocycles. The number of nitrogens with zero attached hydrogens (tertiary/aromatic N) is 3. The predicted molar refractivity (Wildman–Crippen MR) is 126 cm³/mol. The van der Waals surface area contributed by atoms with Crippen molar-refractivity contribution in [2.75, 3.05) is 0 Å². The van der Waals surface area contributed by atoms with Crippen LogP contribution in [0.3, 0.4) is 0 Å². The molecule has 0 aliphatic carbocycles. The van der Waals surface area contributed by atoms with E-state index in [1.165, 1.54) is 0 Å². The summed E-state index contributed by atoms with van der Waals surface area (Å²) in [6.45, 7) is 2.01. The Morgan fingerprint density at radius 2 is 1.69 bits per heavy atom. The molecule has 32 heavy (non-hydrogen) atoms. The molecule has 1 aromatic heterocycles. The number of aromatic amines is 1. The quantitative estimate of drug-likeness (QED) is 0.386. The first-order valence-corrected chi connectivity index (χ1v) is 10.9. The number of aromatic nitrogens is 4. The Labute approximate surface area is 196 Å². The van der Waals surface area contributed by atoms with Gasteiger partial charge in [0.2, 0.25) is 0 Å². The number of rotatable bonds is 7. The molecule has 4 aromatic rings. The van der Waals surface area contributed by atoms with E-state index in [0.29, 0.717) is 21.4 Å². The molecule has 8 heteroatoms. The minimum absolute atomic E-state index is 0.0408. The van der Waals surface area contributed by atoms with Gasteiger partial charge in [-0.05, 0) is 71.3 Å². The topological polar surface area (TPSA) is 83.6 Å². The third-order valence-electron chi connectivity index (χ3n) is 5.37. The number of hydrogen-bond acceptors (Lipinski definition) is 4. The van der Waals surface area contributed by atoms with Gasteiger partial charge in [-0.1, -0.05) is 59.6 Å². The van der Waals surface area contributed by atoms with Crippen molar-refractivity contribution in [3.63, 3.8) is 0 Å². The first-order chi connectivity index (χ1) is 15.5. The van der Waals surface area contributed by atoms with Gasteiger partial charge in [0.05, 0.1) is 0 Å². The normalized spacial score (nSPS) is 12.8. The van der Waals surface area contributed by atoms with Crippen LogP contribution >= 0.6 is 23.2 Å². The number of nitrogens with one attached hydrogen (secondary N) is 2. The van der Waals surface area contributed by atoms with Crippen molar-refractivity contribution in [3.8, 4) is 11.4 Å². The molecule has 1 heterocycles. The monoisotopic (exact) mass is 465 g/mol. The van der Waals surface area contributed by atoms with Gasteiger partial charge in [-0.15, -0.1) is 5.10 Å². The molecule has 2 N–H and O–H groups in total. The maximum absolute atomic E-state index is 13.1. The highest BCUT2D eigenvalue weighted by atomic mass is 35.5.